The third kappa shape index (κ3) is 5.13. The maximum Gasteiger partial charge on any atom is 0.326 e. The Morgan fingerprint density at radius 2 is 1.90 bits per heavy atom. The van der Waals surface area contributed by atoms with Crippen molar-refractivity contribution < 1.29 is 29.0 Å². The van der Waals surface area contributed by atoms with E-state index in [2.05, 4.69) is 5.32 Å². The summed E-state index contributed by atoms with van der Waals surface area (Å²) in [5.74, 6) is -1.48. The first-order valence-electron chi connectivity index (χ1n) is 6.18. The minimum atomic E-state index is -1.13. The predicted molar refractivity (Wildman–Crippen MR) is 73.2 cm³/mol. The van der Waals surface area contributed by atoms with E-state index in [1.807, 2.05) is 0 Å². The molecule has 0 unspecified atom stereocenters. The van der Waals surface area contributed by atoms with Crippen molar-refractivity contribution >= 4 is 17.8 Å². The molecule has 2 N–H and O–H groups in total. The second-order valence-corrected chi connectivity index (χ2v) is 4.37. The minimum Gasteiger partial charge on any atom is -0.493 e. The van der Waals surface area contributed by atoms with Gasteiger partial charge in [-0.25, -0.2) is 4.79 Å². The number of carbonyl (C=O) groups is 3. The predicted octanol–water partition coefficient (Wildman–Crippen LogP) is 0.752. The van der Waals surface area contributed by atoms with E-state index < -0.39 is 23.9 Å². The number of hydrogen-bond donors (Lipinski definition) is 2. The van der Waals surface area contributed by atoms with Crippen LogP contribution in [0.4, 0.5) is 0 Å². The normalized spacial score (nSPS) is 11.4. The first-order chi connectivity index (χ1) is 9.83. The maximum absolute atomic E-state index is 11.1. The second kappa shape index (κ2) is 7.28. The van der Waals surface area contributed by atoms with Crippen molar-refractivity contribution in [3.8, 4) is 11.5 Å². The van der Waals surface area contributed by atoms with Gasteiger partial charge in [-0.05, 0) is 17.7 Å². The third-order valence-corrected chi connectivity index (χ3v) is 2.60. The Bertz CT molecular complexity index is 554. The van der Waals surface area contributed by atoms with E-state index in [9.17, 15) is 14.4 Å². The SMILES string of the molecule is COc1cc(C[C@@H](NC(C)=O)C(=O)O)ccc1OC(C)=O. The highest BCUT2D eigenvalue weighted by atomic mass is 16.6. The van der Waals surface area contributed by atoms with Gasteiger partial charge in [-0.2, -0.15) is 0 Å². The Kier molecular flexibility index (Phi) is 5.71. The number of aliphatic carboxylic acids is 1. The first-order valence-corrected chi connectivity index (χ1v) is 6.18. The molecule has 0 aliphatic rings. The molecule has 0 spiro atoms. The molecule has 0 aliphatic carbocycles. The van der Waals surface area contributed by atoms with E-state index in [0.29, 0.717) is 11.3 Å². The molecule has 7 heteroatoms. The van der Waals surface area contributed by atoms with Gasteiger partial charge in [-0.15, -0.1) is 0 Å². The minimum absolute atomic E-state index is 0.0889. The van der Waals surface area contributed by atoms with Gasteiger partial charge in [-0.3, -0.25) is 9.59 Å². The van der Waals surface area contributed by atoms with Gasteiger partial charge in [0.05, 0.1) is 7.11 Å². The summed E-state index contributed by atoms with van der Waals surface area (Å²) >= 11 is 0. The summed E-state index contributed by atoms with van der Waals surface area (Å²) in [5.41, 5.74) is 0.629. The third-order valence-electron chi connectivity index (χ3n) is 2.60. The second-order valence-electron chi connectivity index (χ2n) is 4.37. The van der Waals surface area contributed by atoms with Gasteiger partial charge in [0.2, 0.25) is 5.91 Å². The summed E-state index contributed by atoms with van der Waals surface area (Å²) in [6.45, 7) is 2.52. The summed E-state index contributed by atoms with van der Waals surface area (Å²) in [6.07, 6.45) is 0.0889. The number of ether oxygens (including phenoxy) is 2. The van der Waals surface area contributed by atoms with Crippen molar-refractivity contribution in [2.75, 3.05) is 7.11 Å². The first kappa shape index (κ1) is 16.5. The van der Waals surface area contributed by atoms with Crippen LogP contribution >= 0.6 is 0 Å². The maximum atomic E-state index is 11.1. The molecule has 114 valence electrons. The number of carboxylic acids is 1. The summed E-state index contributed by atoms with van der Waals surface area (Å²) in [5, 5.41) is 11.4. The highest BCUT2D eigenvalue weighted by Gasteiger charge is 2.19. The van der Waals surface area contributed by atoms with E-state index in [1.165, 1.54) is 27.0 Å². The van der Waals surface area contributed by atoms with Crippen molar-refractivity contribution in [3.05, 3.63) is 23.8 Å². The molecule has 0 aromatic heterocycles. The summed E-state index contributed by atoms with van der Waals surface area (Å²) in [6, 6.07) is 3.66. The number of benzene rings is 1. The zero-order valence-electron chi connectivity index (χ0n) is 12.0. The molecule has 0 saturated heterocycles. The van der Waals surface area contributed by atoms with E-state index >= 15 is 0 Å². The van der Waals surface area contributed by atoms with Crippen LogP contribution in [-0.4, -0.2) is 36.1 Å². The molecule has 1 amide bonds. The molecule has 0 radical (unpaired) electrons. The zero-order valence-corrected chi connectivity index (χ0v) is 12.0. The molecular formula is C14H17NO6. The number of amides is 1. The fourth-order valence-electron chi connectivity index (χ4n) is 1.76. The lowest BCUT2D eigenvalue weighted by atomic mass is 10.1. The number of nitrogens with one attached hydrogen (secondary N) is 1. The van der Waals surface area contributed by atoms with E-state index in [4.69, 9.17) is 14.6 Å². The van der Waals surface area contributed by atoms with Crippen LogP contribution in [0.1, 0.15) is 19.4 Å². The average molecular weight is 295 g/mol. The van der Waals surface area contributed by atoms with Crippen LogP contribution in [0.25, 0.3) is 0 Å². The van der Waals surface area contributed by atoms with Crippen LogP contribution in [0, 0.1) is 0 Å². The molecule has 21 heavy (non-hydrogen) atoms. The molecule has 0 saturated carbocycles. The smallest absolute Gasteiger partial charge is 0.326 e. The molecule has 1 rings (SSSR count). The Labute approximate surface area is 121 Å². The molecule has 1 atom stereocenters. The van der Waals surface area contributed by atoms with E-state index in [0.717, 1.165) is 0 Å². The highest BCUT2D eigenvalue weighted by molar-refractivity contribution is 5.82. The van der Waals surface area contributed by atoms with E-state index in [1.54, 1.807) is 12.1 Å². The summed E-state index contributed by atoms with van der Waals surface area (Å²) in [4.78, 5) is 33.0. The van der Waals surface area contributed by atoms with Crippen LogP contribution < -0.4 is 14.8 Å². The van der Waals surface area contributed by atoms with Crippen LogP contribution in [0.15, 0.2) is 18.2 Å². The summed E-state index contributed by atoms with van der Waals surface area (Å²) < 4.78 is 10.1. The van der Waals surface area contributed by atoms with Crippen molar-refractivity contribution in [1.82, 2.24) is 5.32 Å². The van der Waals surface area contributed by atoms with Gasteiger partial charge in [-0.1, -0.05) is 6.07 Å². The van der Waals surface area contributed by atoms with Crippen molar-refractivity contribution in [1.29, 1.82) is 0 Å². The Morgan fingerprint density at radius 1 is 1.24 bits per heavy atom. The van der Waals surface area contributed by atoms with Gasteiger partial charge in [0, 0.05) is 20.3 Å². The number of hydrogen-bond acceptors (Lipinski definition) is 5. The van der Waals surface area contributed by atoms with Crippen LogP contribution in [-0.2, 0) is 20.8 Å². The standard InChI is InChI=1S/C14H17NO6/c1-8(16)15-11(14(18)19)6-10-4-5-12(21-9(2)17)13(7-10)20-3/h4-5,7,11H,6H2,1-3H3,(H,15,16)(H,18,19)/t11-/m1/s1. The highest BCUT2D eigenvalue weighted by Crippen LogP contribution is 2.28. The lowest BCUT2D eigenvalue weighted by molar-refractivity contribution is -0.141. The Balaban J connectivity index is 2.95. The number of carboxylic acid groups (broad SMARTS) is 1. The molecule has 1 aromatic rings. The van der Waals surface area contributed by atoms with Gasteiger partial charge in [0.15, 0.2) is 11.5 Å². The fraction of sp³-hybridized carbons (Fsp3) is 0.357. The number of carbonyl (C=O) groups excluding carboxylic acids is 2. The molecule has 0 aliphatic heterocycles. The monoisotopic (exact) mass is 295 g/mol. The van der Waals surface area contributed by atoms with Crippen molar-refractivity contribution in [2.24, 2.45) is 0 Å². The van der Waals surface area contributed by atoms with Crippen molar-refractivity contribution in [2.45, 2.75) is 26.3 Å². The van der Waals surface area contributed by atoms with Crippen LogP contribution in [0.2, 0.25) is 0 Å². The number of esters is 1. The summed E-state index contributed by atoms with van der Waals surface area (Å²) in [7, 11) is 1.41. The fourth-order valence-corrected chi connectivity index (χ4v) is 1.76. The molecule has 1 aromatic carbocycles. The largest absolute Gasteiger partial charge is 0.493 e. The molecule has 7 nitrogen and oxygen atoms in total. The van der Waals surface area contributed by atoms with E-state index in [-0.39, 0.29) is 12.2 Å². The number of rotatable bonds is 6. The van der Waals surface area contributed by atoms with Gasteiger partial charge < -0.3 is 19.9 Å². The quantitative estimate of drug-likeness (QED) is 0.593. The lowest BCUT2D eigenvalue weighted by Crippen LogP contribution is -2.41. The molecular weight excluding hydrogens is 278 g/mol. The van der Waals surface area contributed by atoms with Crippen LogP contribution in [0.3, 0.4) is 0 Å². The Hall–Kier alpha value is -2.57. The molecule has 0 fully saturated rings. The topological polar surface area (TPSA) is 102 Å². The van der Waals surface area contributed by atoms with Crippen molar-refractivity contribution in [3.63, 3.8) is 0 Å². The van der Waals surface area contributed by atoms with Gasteiger partial charge >= 0.3 is 11.9 Å². The zero-order chi connectivity index (χ0) is 16.0. The van der Waals surface area contributed by atoms with Gasteiger partial charge in [0.25, 0.3) is 0 Å². The molecule has 0 bridgehead atoms. The average Bonchev–Trinajstić information content (AvgIpc) is 2.38. The Morgan fingerprint density at radius 3 is 2.38 bits per heavy atom. The van der Waals surface area contributed by atoms with Gasteiger partial charge in [0.1, 0.15) is 6.04 Å². The molecule has 0 heterocycles. The lowest BCUT2D eigenvalue weighted by Gasteiger charge is -2.15. The number of methoxy groups -OCH3 is 1. The van der Waals surface area contributed by atoms with Crippen LogP contribution in [0.5, 0.6) is 11.5 Å².